The third-order valence-corrected chi connectivity index (χ3v) is 9.03. The molecule has 41 heavy (non-hydrogen) atoms. The van der Waals surface area contributed by atoms with Gasteiger partial charge in [0.1, 0.15) is 18.3 Å². The van der Waals surface area contributed by atoms with Gasteiger partial charge in [-0.3, -0.25) is 13.9 Å². The minimum atomic E-state index is -4.20. The largest absolute Gasteiger partial charge is 0.497 e. The number of benzene rings is 3. The smallest absolute Gasteiger partial charge is 0.264 e. The molecule has 0 aromatic heterocycles. The Morgan fingerprint density at radius 3 is 2.32 bits per heavy atom. The number of carbonyl (C=O) groups is 2. The number of unbranched alkanes of at least 4 members (excludes halogenated alkanes) is 1. The van der Waals surface area contributed by atoms with E-state index >= 15 is 0 Å². The second kappa shape index (κ2) is 15.1. The number of amides is 2. The van der Waals surface area contributed by atoms with Crippen molar-refractivity contribution in [1.29, 1.82) is 0 Å². The van der Waals surface area contributed by atoms with Crippen molar-refractivity contribution >= 4 is 50.7 Å². The highest BCUT2D eigenvalue weighted by molar-refractivity contribution is 7.92. The molecule has 0 bridgehead atoms. The van der Waals surface area contributed by atoms with Gasteiger partial charge in [0.15, 0.2) is 0 Å². The van der Waals surface area contributed by atoms with Crippen molar-refractivity contribution in [2.75, 3.05) is 24.5 Å². The maximum atomic E-state index is 14.1. The van der Waals surface area contributed by atoms with Gasteiger partial charge in [0.2, 0.25) is 11.8 Å². The molecule has 3 aromatic carbocycles. The first-order valence-electron chi connectivity index (χ1n) is 13.3. The van der Waals surface area contributed by atoms with Crippen LogP contribution in [-0.2, 0) is 26.2 Å². The Labute approximate surface area is 252 Å². The monoisotopic (exact) mass is 619 g/mol. The standard InChI is InChI=1S/C30H35Cl2N3O5S/c1-4-6-17-33-30(37)28(5-2)34(20-22-11-10-12-24(18-22)40-3)29(36)21-35(23-15-16-26(31)27(32)19-23)41(38,39)25-13-8-7-9-14-25/h7-16,18-19,28H,4-6,17,20-21H2,1-3H3,(H,33,37). The molecule has 0 aliphatic carbocycles. The Balaban J connectivity index is 2.05. The molecule has 1 atom stereocenters. The first-order valence-corrected chi connectivity index (χ1v) is 15.5. The van der Waals surface area contributed by atoms with Crippen LogP contribution in [0.4, 0.5) is 5.69 Å². The van der Waals surface area contributed by atoms with E-state index in [1.165, 1.54) is 35.2 Å². The van der Waals surface area contributed by atoms with Crippen LogP contribution in [0.1, 0.15) is 38.7 Å². The zero-order valence-electron chi connectivity index (χ0n) is 23.3. The van der Waals surface area contributed by atoms with Gasteiger partial charge >= 0.3 is 0 Å². The molecular formula is C30H35Cl2N3O5S. The average Bonchev–Trinajstić information content (AvgIpc) is 2.97. The van der Waals surface area contributed by atoms with E-state index < -0.39 is 28.5 Å². The van der Waals surface area contributed by atoms with Gasteiger partial charge < -0.3 is 15.0 Å². The maximum absolute atomic E-state index is 14.1. The quantitative estimate of drug-likeness (QED) is 0.226. The fraction of sp³-hybridized carbons (Fsp3) is 0.333. The van der Waals surface area contributed by atoms with Gasteiger partial charge in [-0.2, -0.15) is 0 Å². The molecule has 0 fully saturated rings. The number of rotatable bonds is 14. The van der Waals surface area contributed by atoms with Gasteiger partial charge in [0.05, 0.1) is 27.7 Å². The molecule has 3 rings (SSSR count). The Kier molecular flexibility index (Phi) is 11.9. The SMILES string of the molecule is CCCCNC(=O)C(CC)N(Cc1cccc(OC)c1)C(=O)CN(c1ccc(Cl)c(Cl)c1)S(=O)(=O)c1ccccc1. The summed E-state index contributed by atoms with van der Waals surface area (Å²) in [5.41, 5.74) is 0.892. The molecule has 0 heterocycles. The summed E-state index contributed by atoms with van der Waals surface area (Å²) >= 11 is 12.4. The number of nitrogens with one attached hydrogen (secondary N) is 1. The second-order valence-corrected chi connectivity index (χ2v) is 12.0. The number of sulfonamides is 1. The molecule has 3 aromatic rings. The van der Waals surface area contributed by atoms with Crippen LogP contribution in [0.2, 0.25) is 10.0 Å². The van der Waals surface area contributed by atoms with Crippen LogP contribution in [0.25, 0.3) is 0 Å². The van der Waals surface area contributed by atoms with E-state index in [9.17, 15) is 18.0 Å². The average molecular weight is 621 g/mol. The number of halogens is 2. The maximum Gasteiger partial charge on any atom is 0.264 e. The third-order valence-electron chi connectivity index (χ3n) is 6.50. The van der Waals surface area contributed by atoms with E-state index in [1.54, 1.807) is 43.5 Å². The Hall–Kier alpha value is -3.27. The molecule has 1 N–H and O–H groups in total. The van der Waals surface area contributed by atoms with Gasteiger partial charge in [0, 0.05) is 13.1 Å². The van der Waals surface area contributed by atoms with Crippen molar-refractivity contribution in [2.24, 2.45) is 0 Å². The molecule has 0 saturated carbocycles. The predicted octanol–water partition coefficient (Wildman–Crippen LogP) is 5.92. The van der Waals surface area contributed by atoms with E-state index in [1.807, 2.05) is 19.9 Å². The lowest BCUT2D eigenvalue weighted by atomic mass is 10.1. The minimum Gasteiger partial charge on any atom is -0.497 e. The molecule has 0 radical (unpaired) electrons. The van der Waals surface area contributed by atoms with Crippen molar-refractivity contribution < 1.29 is 22.7 Å². The Morgan fingerprint density at radius 1 is 0.951 bits per heavy atom. The van der Waals surface area contributed by atoms with Gasteiger partial charge in [0.25, 0.3) is 10.0 Å². The lowest BCUT2D eigenvalue weighted by Crippen LogP contribution is -2.52. The van der Waals surface area contributed by atoms with Crippen molar-refractivity contribution in [2.45, 2.75) is 50.6 Å². The molecule has 0 aliphatic heterocycles. The van der Waals surface area contributed by atoms with Crippen LogP contribution in [0.3, 0.4) is 0 Å². The molecular weight excluding hydrogens is 585 g/mol. The first kappa shape index (κ1) is 32.2. The van der Waals surface area contributed by atoms with Crippen molar-refractivity contribution in [3.05, 3.63) is 88.4 Å². The third kappa shape index (κ3) is 8.38. The van der Waals surface area contributed by atoms with Crippen LogP contribution >= 0.6 is 23.2 Å². The van der Waals surface area contributed by atoms with E-state index in [4.69, 9.17) is 27.9 Å². The highest BCUT2D eigenvalue weighted by atomic mass is 35.5. The van der Waals surface area contributed by atoms with Crippen LogP contribution in [-0.4, -0.2) is 51.4 Å². The lowest BCUT2D eigenvalue weighted by Gasteiger charge is -2.33. The fourth-order valence-corrected chi connectivity index (χ4v) is 6.00. The lowest BCUT2D eigenvalue weighted by molar-refractivity contribution is -0.140. The predicted molar refractivity (Wildman–Crippen MR) is 163 cm³/mol. The Bertz CT molecular complexity index is 1440. The van der Waals surface area contributed by atoms with Crippen LogP contribution in [0, 0.1) is 0 Å². The number of anilines is 1. The van der Waals surface area contributed by atoms with E-state index in [0.717, 1.165) is 22.7 Å². The molecule has 220 valence electrons. The zero-order chi connectivity index (χ0) is 30.0. The molecule has 8 nitrogen and oxygen atoms in total. The van der Waals surface area contributed by atoms with Gasteiger partial charge in [-0.1, -0.05) is 73.8 Å². The number of hydrogen-bond donors (Lipinski definition) is 1. The second-order valence-electron chi connectivity index (χ2n) is 9.36. The van der Waals surface area contributed by atoms with Gasteiger partial charge in [-0.25, -0.2) is 8.42 Å². The molecule has 2 amide bonds. The summed E-state index contributed by atoms with van der Waals surface area (Å²) in [6, 6.07) is 18.5. The number of nitrogens with zero attached hydrogens (tertiary/aromatic N) is 2. The Morgan fingerprint density at radius 2 is 1.68 bits per heavy atom. The van der Waals surface area contributed by atoms with Crippen molar-refractivity contribution in [3.8, 4) is 5.75 Å². The first-order chi connectivity index (χ1) is 19.6. The number of carbonyl (C=O) groups excluding carboxylic acids is 2. The zero-order valence-corrected chi connectivity index (χ0v) is 25.7. The van der Waals surface area contributed by atoms with E-state index in [2.05, 4.69) is 5.32 Å². The van der Waals surface area contributed by atoms with E-state index in [0.29, 0.717) is 18.7 Å². The van der Waals surface area contributed by atoms with E-state index in [-0.39, 0.29) is 33.1 Å². The highest BCUT2D eigenvalue weighted by Crippen LogP contribution is 2.31. The summed E-state index contributed by atoms with van der Waals surface area (Å²) in [5.74, 6) is -0.264. The summed E-state index contributed by atoms with van der Waals surface area (Å²) in [7, 11) is -2.66. The highest BCUT2D eigenvalue weighted by Gasteiger charge is 2.33. The summed E-state index contributed by atoms with van der Waals surface area (Å²) in [4.78, 5) is 28.8. The van der Waals surface area contributed by atoms with Gasteiger partial charge in [-0.05, 0) is 60.9 Å². The normalized spacial score (nSPS) is 11.9. The summed E-state index contributed by atoms with van der Waals surface area (Å²) < 4.78 is 34.1. The van der Waals surface area contributed by atoms with Gasteiger partial charge in [-0.15, -0.1) is 0 Å². The van der Waals surface area contributed by atoms with Crippen LogP contribution < -0.4 is 14.4 Å². The number of ether oxygens (including phenoxy) is 1. The molecule has 0 aliphatic rings. The number of methoxy groups -OCH3 is 1. The van der Waals surface area contributed by atoms with Crippen molar-refractivity contribution in [1.82, 2.24) is 10.2 Å². The molecule has 0 saturated heterocycles. The van der Waals surface area contributed by atoms with Crippen LogP contribution in [0.15, 0.2) is 77.7 Å². The fourth-order valence-electron chi connectivity index (χ4n) is 4.28. The molecule has 1 unspecified atom stereocenters. The van der Waals surface area contributed by atoms with Crippen molar-refractivity contribution in [3.63, 3.8) is 0 Å². The minimum absolute atomic E-state index is 0.00238. The topological polar surface area (TPSA) is 96.0 Å². The summed E-state index contributed by atoms with van der Waals surface area (Å²) in [5, 5.41) is 3.29. The summed E-state index contributed by atoms with van der Waals surface area (Å²) in [6.07, 6.45) is 2.03. The summed E-state index contributed by atoms with van der Waals surface area (Å²) in [6.45, 7) is 3.80. The number of hydrogen-bond acceptors (Lipinski definition) is 5. The molecule has 0 spiro atoms. The van der Waals surface area contributed by atoms with Crippen LogP contribution in [0.5, 0.6) is 5.75 Å². The molecule has 11 heteroatoms.